The van der Waals surface area contributed by atoms with Gasteiger partial charge in [0, 0.05) is 24.8 Å². The molecule has 3 aliphatic rings. The second-order valence-electron chi connectivity index (χ2n) is 7.89. The number of benzene rings is 1. The standard InChI is InChI=1S/C18H19FN4O4/c1-7-5-27-16-13-10(15(24)9(17(25)26)4-23(7)13)12(20)11(19)14(16)22-3-8-2-18(8,21)6-22/h4,7-8H,2-3,5-6,20-21H2,1H3,(H,25,26)/t7-,8?,18?/m0/s1. The number of anilines is 2. The number of nitrogens with two attached hydrogens (primary N) is 2. The number of ether oxygens (including phenoxy) is 1. The number of carbonyl (C=O) groups is 1. The summed E-state index contributed by atoms with van der Waals surface area (Å²) in [5.74, 6) is -1.60. The van der Waals surface area contributed by atoms with E-state index in [4.69, 9.17) is 16.2 Å². The molecule has 0 bridgehead atoms. The fourth-order valence-electron chi connectivity index (χ4n) is 4.46. The van der Waals surface area contributed by atoms with Crippen LogP contribution >= 0.6 is 0 Å². The first-order chi connectivity index (χ1) is 12.7. The maximum atomic E-state index is 15.3. The van der Waals surface area contributed by atoms with Crippen molar-refractivity contribution >= 4 is 28.2 Å². The van der Waals surface area contributed by atoms with Crippen molar-refractivity contribution in [1.29, 1.82) is 0 Å². The lowest BCUT2D eigenvalue weighted by Crippen LogP contribution is -2.35. The molecule has 3 atom stereocenters. The van der Waals surface area contributed by atoms with E-state index in [1.165, 1.54) is 6.20 Å². The molecule has 1 saturated heterocycles. The van der Waals surface area contributed by atoms with Crippen LogP contribution in [0.15, 0.2) is 11.0 Å². The summed E-state index contributed by atoms with van der Waals surface area (Å²) in [6.07, 6.45) is 2.20. The van der Waals surface area contributed by atoms with Crippen LogP contribution < -0.4 is 26.5 Å². The summed E-state index contributed by atoms with van der Waals surface area (Å²) in [6.45, 7) is 3.15. The zero-order chi connectivity index (χ0) is 19.2. The lowest BCUT2D eigenvalue weighted by molar-refractivity contribution is 0.0694. The van der Waals surface area contributed by atoms with Gasteiger partial charge in [-0.3, -0.25) is 4.79 Å². The van der Waals surface area contributed by atoms with E-state index in [1.54, 1.807) is 4.57 Å². The Morgan fingerprint density at radius 2 is 2.22 bits per heavy atom. The molecule has 2 unspecified atom stereocenters. The average molecular weight is 374 g/mol. The lowest BCUT2D eigenvalue weighted by Gasteiger charge is -2.32. The van der Waals surface area contributed by atoms with Crippen LogP contribution in [0, 0.1) is 11.7 Å². The number of carboxylic acid groups (broad SMARTS) is 1. The van der Waals surface area contributed by atoms with Crippen molar-refractivity contribution in [3.8, 4) is 5.75 Å². The first kappa shape index (κ1) is 16.4. The summed E-state index contributed by atoms with van der Waals surface area (Å²) in [5.41, 5.74) is 10.9. The molecule has 0 radical (unpaired) electrons. The number of hydrogen-bond acceptors (Lipinski definition) is 6. The molecule has 3 heterocycles. The molecule has 27 heavy (non-hydrogen) atoms. The Morgan fingerprint density at radius 1 is 1.48 bits per heavy atom. The van der Waals surface area contributed by atoms with Crippen molar-refractivity contribution in [3.05, 3.63) is 27.8 Å². The number of nitrogen functional groups attached to an aromatic ring is 1. The molecular formula is C18H19FN4O4. The van der Waals surface area contributed by atoms with E-state index in [2.05, 4.69) is 0 Å². The van der Waals surface area contributed by atoms with Crippen LogP contribution in [0.4, 0.5) is 15.8 Å². The van der Waals surface area contributed by atoms with Crippen LogP contribution in [0.5, 0.6) is 5.75 Å². The zero-order valence-corrected chi connectivity index (χ0v) is 14.7. The molecule has 2 aromatic rings. The molecule has 2 fully saturated rings. The predicted molar refractivity (Wildman–Crippen MR) is 97.0 cm³/mol. The average Bonchev–Trinajstić information content (AvgIpc) is 3.12. The molecule has 1 aromatic heterocycles. The Morgan fingerprint density at radius 3 is 2.85 bits per heavy atom. The second kappa shape index (κ2) is 4.92. The number of pyridine rings is 1. The van der Waals surface area contributed by atoms with Crippen molar-refractivity contribution < 1.29 is 19.0 Å². The zero-order valence-electron chi connectivity index (χ0n) is 14.7. The molecule has 0 spiro atoms. The quantitative estimate of drug-likeness (QED) is 0.668. The van der Waals surface area contributed by atoms with Crippen molar-refractivity contribution in [3.63, 3.8) is 0 Å². The SMILES string of the molecule is C[C@H]1COc2c(N3CC4CC4(N)C3)c(F)c(N)c3c(=O)c(C(=O)O)cn1c23. The van der Waals surface area contributed by atoms with Crippen LogP contribution in [0.2, 0.25) is 0 Å². The maximum Gasteiger partial charge on any atom is 0.341 e. The maximum absolute atomic E-state index is 15.3. The molecule has 0 amide bonds. The summed E-state index contributed by atoms with van der Waals surface area (Å²) in [4.78, 5) is 26.0. The van der Waals surface area contributed by atoms with Gasteiger partial charge in [-0.1, -0.05) is 0 Å². The Hall–Kier alpha value is -2.81. The van der Waals surface area contributed by atoms with E-state index in [9.17, 15) is 14.7 Å². The predicted octanol–water partition coefficient (Wildman–Crippen LogP) is 0.912. The highest BCUT2D eigenvalue weighted by Gasteiger charge is 2.58. The fourth-order valence-corrected chi connectivity index (χ4v) is 4.46. The highest BCUT2D eigenvalue weighted by atomic mass is 19.1. The number of piperidine rings is 1. The Kier molecular flexibility index (Phi) is 2.98. The third-order valence-corrected chi connectivity index (χ3v) is 6.07. The molecule has 2 aliphatic heterocycles. The normalized spacial score (nSPS) is 28.2. The van der Waals surface area contributed by atoms with Crippen LogP contribution in [0.25, 0.3) is 10.9 Å². The van der Waals surface area contributed by atoms with Gasteiger partial charge in [0.1, 0.15) is 17.9 Å². The molecular weight excluding hydrogens is 355 g/mol. The van der Waals surface area contributed by atoms with E-state index in [0.717, 1.165) is 6.42 Å². The van der Waals surface area contributed by atoms with Gasteiger partial charge in [-0.25, -0.2) is 9.18 Å². The van der Waals surface area contributed by atoms with E-state index in [0.29, 0.717) is 24.5 Å². The van der Waals surface area contributed by atoms with Crippen LogP contribution in [0.1, 0.15) is 29.7 Å². The highest BCUT2D eigenvalue weighted by molar-refractivity contribution is 6.03. The Labute approximate surface area is 153 Å². The number of aromatic carboxylic acids is 1. The van der Waals surface area contributed by atoms with Gasteiger partial charge in [0.15, 0.2) is 11.6 Å². The minimum atomic E-state index is -1.38. The van der Waals surface area contributed by atoms with Crippen LogP contribution in [-0.2, 0) is 0 Å². The van der Waals surface area contributed by atoms with Gasteiger partial charge < -0.3 is 30.8 Å². The van der Waals surface area contributed by atoms with Crippen LogP contribution in [-0.4, -0.2) is 40.9 Å². The second-order valence-corrected chi connectivity index (χ2v) is 7.89. The number of halogens is 1. The van der Waals surface area contributed by atoms with Crippen molar-refractivity contribution in [2.45, 2.75) is 24.9 Å². The van der Waals surface area contributed by atoms with E-state index < -0.39 is 22.8 Å². The summed E-state index contributed by atoms with van der Waals surface area (Å²) >= 11 is 0. The fraction of sp³-hybridized carbons (Fsp3) is 0.444. The number of rotatable bonds is 2. The lowest BCUT2D eigenvalue weighted by atomic mass is 10.0. The van der Waals surface area contributed by atoms with E-state index in [-0.39, 0.29) is 40.7 Å². The van der Waals surface area contributed by atoms with Crippen molar-refractivity contribution in [2.24, 2.45) is 11.7 Å². The summed E-state index contributed by atoms with van der Waals surface area (Å²) < 4.78 is 22.8. The number of nitrogens with zero attached hydrogens (tertiary/aromatic N) is 2. The van der Waals surface area contributed by atoms with Gasteiger partial charge in [0.2, 0.25) is 5.43 Å². The molecule has 5 N–H and O–H groups in total. The number of fused-ring (bicyclic) bond motifs is 1. The summed E-state index contributed by atoms with van der Waals surface area (Å²) in [6, 6.07) is -0.232. The van der Waals surface area contributed by atoms with Gasteiger partial charge in [-0.2, -0.15) is 0 Å². The van der Waals surface area contributed by atoms with Gasteiger partial charge in [-0.15, -0.1) is 0 Å². The Balaban J connectivity index is 1.85. The Bertz CT molecular complexity index is 1100. The highest BCUT2D eigenvalue weighted by Crippen LogP contribution is 2.52. The molecule has 142 valence electrons. The third-order valence-electron chi connectivity index (χ3n) is 6.07. The van der Waals surface area contributed by atoms with Gasteiger partial charge in [0.25, 0.3) is 0 Å². The van der Waals surface area contributed by atoms with Gasteiger partial charge >= 0.3 is 5.97 Å². The molecule has 1 aliphatic carbocycles. The monoisotopic (exact) mass is 374 g/mol. The molecule has 8 nitrogen and oxygen atoms in total. The first-order valence-electron chi connectivity index (χ1n) is 8.82. The molecule has 5 rings (SSSR count). The van der Waals surface area contributed by atoms with Crippen LogP contribution in [0.3, 0.4) is 0 Å². The van der Waals surface area contributed by atoms with Crippen molar-refractivity contribution in [2.75, 3.05) is 30.3 Å². The topological polar surface area (TPSA) is 124 Å². The third kappa shape index (κ3) is 2.00. The number of hydrogen-bond donors (Lipinski definition) is 3. The van der Waals surface area contributed by atoms with E-state index in [1.807, 2.05) is 11.8 Å². The minimum Gasteiger partial charge on any atom is -0.487 e. The smallest absolute Gasteiger partial charge is 0.341 e. The van der Waals surface area contributed by atoms with Gasteiger partial charge in [0.05, 0.1) is 22.6 Å². The first-order valence-corrected chi connectivity index (χ1v) is 8.82. The molecule has 1 aromatic carbocycles. The largest absolute Gasteiger partial charge is 0.487 e. The molecule has 9 heteroatoms. The van der Waals surface area contributed by atoms with Crippen molar-refractivity contribution in [1.82, 2.24) is 4.57 Å². The summed E-state index contributed by atoms with van der Waals surface area (Å²) in [5, 5.41) is 9.22. The summed E-state index contributed by atoms with van der Waals surface area (Å²) in [7, 11) is 0. The van der Waals surface area contributed by atoms with E-state index >= 15 is 4.39 Å². The number of aromatic nitrogens is 1. The van der Waals surface area contributed by atoms with Gasteiger partial charge in [-0.05, 0) is 19.3 Å². The molecule has 1 saturated carbocycles. The number of carboxylic acids is 1. The minimum absolute atomic E-state index is 0.149.